The number of nitrogens with one attached hydrogen (secondary N) is 1. The minimum atomic E-state index is -1.08. The molecule has 0 aliphatic rings. The van der Waals surface area contributed by atoms with E-state index in [2.05, 4.69) is 5.32 Å². The molecule has 2 aromatic rings. The molecule has 5 heteroatoms. The van der Waals surface area contributed by atoms with Gasteiger partial charge in [0.05, 0.1) is 13.0 Å². The van der Waals surface area contributed by atoms with Crippen LogP contribution in [0.1, 0.15) is 35.2 Å². The molecule has 2 rings (SSSR count). The van der Waals surface area contributed by atoms with Crippen LogP contribution in [0.2, 0.25) is 0 Å². The third-order valence-corrected chi connectivity index (χ3v) is 3.73. The van der Waals surface area contributed by atoms with Crippen LogP contribution in [-0.2, 0) is 16.0 Å². The van der Waals surface area contributed by atoms with Crippen LogP contribution in [0, 0.1) is 13.8 Å². The number of ether oxygens (including phenoxy) is 1. The van der Waals surface area contributed by atoms with Crippen molar-refractivity contribution in [2.45, 2.75) is 33.2 Å². The number of rotatable bonds is 7. The van der Waals surface area contributed by atoms with E-state index in [1.807, 2.05) is 26.8 Å². The van der Waals surface area contributed by atoms with Crippen LogP contribution in [-0.4, -0.2) is 23.6 Å². The van der Waals surface area contributed by atoms with Crippen molar-refractivity contribution in [3.63, 3.8) is 0 Å². The lowest BCUT2D eigenvalue weighted by Gasteiger charge is -2.16. The molecule has 2 aromatic carbocycles. The Hall–Kier alpha value is -2.82. The largest absolute Gasteiger partial charge is 0.494 e. The molecule has 2 N–H and O–H groups in total. The average Bonchev–Trinajstić information content (AvgIpc) is 2.53. The van der Waals surface area contributed by atoms with Gasteiger partial charge in [-0.25, -0.2) is 4.79 Å². The van der Waals surface area contributed by atoms with Gasteiger partial charge in [-0.2, -0.15) is 0 Å². The predicted molar refractivity (Wildman–Crippen MR) is 95.8 cm³/mol. The Kier molecular flexibility index (Phi) is 6.17. The number of aliphatic carboxylic acids is 1. The third-order valence-electron chi connectivity index (χ3n) is 3.73. The van der Waals surface area contributed by atoms with E-state index < -0.39 is 12.0 Å². The van der Waals surface area contributed by atoms with Crippen LogP contribution >= 0.6 is 0 Å². The van der Waals surface area contributed by atoms with Crippen molar-refractivity contribution in [3.8, 4) is 5.75 Å². The Morgan fingerprint density at radius 1 is 1.08 bits per heavy atom. The van der Waals surface area contributed by atoms with Crippen LogP contribution in [0.15, 0.2) is 42.5 Å². The molecule has 0 aliphatic heterocycles. The smallest absolute Gasteiger partial charge is 0.330 e. The van der Waals surface area contributed by atoms with E-state index in [4.69, 9.17) is 4.74 Å². The first-order valence-corrected chi connectivity index (χ1v) is 8.21. The lowest BCUT2D eigenvalue weighted by molar-refractivity contribution is -0.141. The first-order valence-electron chi connectivity index (χ1n) is 8.21. The maximum atomic E-state index is 12.3. The molecule has 1 atom stereocenters. The fourth-order valence-electron chi connectivity index (χ4n) is 2.73. The summed E-state index contributed by atoms with van der Waals surface area (Å²) in [6.07, 6.45) is 0.112. The predicted octanol–water partition coefficient (Wildman–Crippen LogP) is 3.19. The summed E-state index contributed by atoms with van der Waals surface area (Å²) in [7, 11) is 0. The molecule has 1 amide bonds. The number of amides is 1. The minimum Gasteiger partial charge on any atom is -0.494 e. The van der Waals surface area contributed by atoms with Crippen molar-refractivity contribution in [2.75, 3.05) is 6.61 Å². The minimum absolute atomic E-state index is 0.112. The van der Waals surface area contributed by atoms with Gasteiger partial charge < -0.3 is 15.2 Å². The Bertz CT molecular complexity index is 733. The molecule has 0 radical (unpaired) electrons. The molecule has 0 heterocycles. The molecule has 0 saturated heterocycles. The van der Waals surface area contributed by atoms with Crippen LogP contribution < -0.4 is 10.1 Å². The summed E-state index contributed by atoms with van der Waals surface area (Å²) in [5.41, 5.74) is 3.29. The lowest BCUT2D eigenvalue weighted by Crippen LogP contribution is -2.34. The summed E-state index contributed by atoms with van der Waals surface area (Å²) < 4.78 is 5.36. The van der Waals surface area contributed by atoms with Crippen molar-refractivity contribution in [3.05, 3.63) is 64.7 Å². The van der Waals surface area contributed by atoms with E-state index in [1.165, 1.54) is 0 Å². The summed E-state index contributed by atoms with van der Waals surface area (Å²) in [5, 5.41) is 12.1. The SMILES string of the molecule is CCOc1ccc(CC(=O)NC(C(=O)O)c2cc(C)cc(C)c2)cc1. The van der Waals surface area contributed by atoms with Crippen molar-refractivity contribution in [1.29, 1.82) is 0 Å². The molecule has 132 valence electrons. The summed E-state index contributed by atoms with van der Waals surface area (Å²) in [5.74, 6) is -0.675. The maximum absolute atomic E-state index is 12.3. The van der Waals surface area contributed by atoms with Crippen molar-refractivity contribution in [1.82, 2.24) is 5.32 Å². The van der Waals surface area contributed by atoms with E-state index >= 15 is 0 Å². The van der Waals surface area contributed by atoms with E-state index in [9.17, 15) is 14.7 Å². The number of hydrogen-bond acceptors (Lipinski definition) is 3. The van der Waals surface area contributed by atoms with Gasteiger partial charge in [-0.3, -0.25) is 4.79 Å². The molecular weight excluding hydrogens is 318 g/mol. The first kappa shape index (κ1) is 18.5. The summed E-state index contributed by atoms with van der Waals surface area (Å²) >= 11 is 0. The second-order valence-electron chi connectivity index (χ2n) is 6.01. The van der Waals surface area contributed by atoms with Crippen LogP contribution in [0.25, 0.3) is 0 Å². The first-order chi connectivity index (χ1) is 11.9. The number of benzene rings is 2. The van der Waals surface area contributed by atoms with Crippen molar-refractivity contribution in [2.24, 2.45) is 0 Å². The molecule has 5 nitrogen and oxygen atoms in total. The Labute approximate surface area is 147 Å². The molecular formula is C20H23NO4. The topological polar surface area (TPSA) is 75.6 Å². The quantitative estimate of drug-likeness (QED) is 0.811. The van der Waals surface area contributed by atoms with Gasteiger partial charge in [-0.05, 0) is 44.0 Å². The number of aryl methyl sites for hydroxylation is 2. The highest BCUT2D eigenvalue weighted by molar-refractivity contribution is 5.85. The number of hydrogen-bond donors (Lipinski definition) is 2. The van der Waals surface area contributed by atoms with E-state index in [1.54, 1.807) is 36.4 Å². The van der Waals surface area contributed by atoms with Crippen LogP contribution in [0.5, 0.6) is 5.75 Å². The molecule has 0 bridgehead atoms. The Morgan fingerprint density at radius 3 is 2.20 bits per heavy atom. The zero-order valence-corrected chi connectivity index (χ0v) is 14.7. The van der Waals surface area contributed by atoms with Crippen LogP contribution in [0.4, 0.5) is 0 Å². The number of carboxylic acids is 1. The molecule has 25 heavy (non-hydrogen) atoms. The van der Waals surface area contributed by atoms with E-state index in [0.717, 1.165) is 22.4 Å². The fourth-order valence-corrected chi connectivity index (χ4v) is 2.73. The number of carboxylic acid groups (broad SMARTS) is 1. The second-order valence-corrected chi connectivity index (χ2v) is 6.01. The normalized spacial score (nSPS) is 11.6. The zero-order valence-electron chi connectivity index (χ0n) is 14.7. The summed E-state index contributed by atoms with van der Waals surface area (Å²) in [6, 6.07) is 11.7. The fraction of sp³-hybridized carbons (Fsp3) is 0.300. The van der Waals surface area contributed by atoms with Gasteiger partial charge in [0.1, 0.15) is 5.75 Å². The van der Waals surface area contributed by atoms with Gasteiger partial charge in [0.2, 0.25) is 5.91 Å². The molecule has 0 aliphatic carbocycles. The molecule has 0 spiro atoms. The summed E-state index contributed by atoms with van der Waals surface area (Å²) in [6.45, 7) is 6.28. The van der Waals surface area contributed by atoms with Crippen LogP contribution in [0.3, 0.4) is 0 Å². The summed E-state index contributed by atoms with van der Waals surface area (Å²) in [4.78, 5) is 23.9. The highest BCUT2D eigenvalue weighted by Gasteiger charge is 2.22. The van der Waals surface area contributed by atoms with Gasteiger partial charge in [-0.1, -0.05) is 41.5 Å². The monoisotopic (exact) mass is 341 g/mol. The van der Waals surface area contributed by atoms with Gasteiger partial charge in [0.15, 0.2) is 6.04 Å². The van der Waals surface area contributed by atoms with Gasteiger partial charge in [-0.15, -0.1) is 0 Å². The lowest BCUT2D eigenvalue weighted by atomic mass is 10.0. The molecule has 0 fully saturated rings. The Morgan fingerprint density at radius 2 is 1.68 bits per heavy atom. The number of carbonyl (C=O) groups is 2. The highest BCUT2D eigenvalue weighted by atomic mass is 16.5. The zero-order chi connectivity index (χ0) is 18.4. The second kappa shape index (κ2) is 8.33. The van der Waals surface area contributed by atoms with Crippen molar-refractivity contribution < 1.29 is 19.4 Å². The van der Waals surface area contributed by atoms with E-state index in [-0.39, 0.29) is 12.3 Å². The van der Waals surface area contributed by atoms with Gasteiger partial charge in [0.25, 0.3) is 0 Å². The van der Waals surface area contributed by atoms with Crippen molar-refractivity contribution >= 4 is 11.9 Å². The Balaban J connectivity index is 2.08. The molecule has 0 aromatic heterocycles. The van der Waals surface area contributed by atoms with Gasteiger partial charge in [0, 0.05) is 0 Å². The average molecular weight is 341 g/mol. The molecule has 0 saturated carbocycles. The highest BCUT2D eigenvalue weighted by Crippen LogP contribution is 2.18. The number of carbonyl (C=O) groups excluding carboxylic acids is 1. The van der Waals surface area contributed by atoms with E-state index in [0.29, 0.717) is 12.2 Å². The standard InChI is InChI=1S/C20H23NO4/c1-4-25-17-7-5-15(6-8-17)12-18(22)21-19(20(23)24)16-10-13(2)9-14(3)11-16/h5-11,19H,4,12H2,1-3H3,(H,21,22)(H,23,24). The van der Waals surface area contributed by atoms with Gasteiger partial charge >= 0.3 is 5.97 Å². The molecule has 1 unspecified atom stereocenters. The third kappa shape index (κ3) is 5.35. The maximum Gasteiger partial charge on any atom is 0.330 e.